The van der Waals surface area contributed by atoms with Crippen LogP contribution in [0.15, 0.2) is 67.4 Å². The minimum Gasteiger partial charge on any atom is -0.323 e. The molecular weight excluding hydrogens is 347 g/mol. The first-order chi connectivity index (χ1) is 13.0. The quantitative estimate of drug-likeness (QED) is 0.679. The molecule has 7 heteroatoms. The number of amides is 2. The Bertz CT molecular complexity index is 1010. The Labute approximate surface area is 155 Å². The summed E-state index contributed by atoms with van der Waals surface area (Å²) < 4.78 is 16.0. The Balaban J connectivity index is 1.72. The maximum absolute atomic E-state index is 14.4. The van der Waals surface area contributed by atoms with Gasteiger partial charge in [-0.05, 0) is 54.6 Å². The van der Waals surface area contributed by atoms with E-state index in [-0.39, 0.29) is 11.8 Å². The van der Waals surface area contributed by atoms with E-state index < -0.39 is 5.82 Å². The number of hydrogen-bond donors (Lipinski definition) is 2. The number of aromatic nitrogens is 2. The van der Waals surface area contributed by atoms with Crippen molar-refractivity contribution in [3.8, 4) is 11.3 Å². The van der Waals surface area contributed by atoms with Crippen LogP contribution in [-0.2, 0) is 11.8 Å². The van der Waals surface area contributed by atoms with Crippen LogP contribution in [0.3, 0.4) is 0 Å². The Morgan fingerprint density at radius 1 is 1.07 bits per heavy atom. The Morgan fingerprint density at radius 3 is 2.37 bits per heavy atom. The van der Waals surface area contributed by atoms with Gasteiger partial charge in [-0.3, -0.25) is 14.3 Å². The number of halogens is 1. The van der Waals surface area contributed by atoms with E-state index in [1.165, 1.54) is 6.07 Å². The van der Waals surface area contributed by atoms with Crippen molar-refractivity contribution in [2.75, 3.05) is 10.6 Å². The Kier molecular flexibility index (Phi) is 5.12. The van der Waals surface area contributed by atoms with Crippen LogP contribution in [0.5, 0.6) is 0 Å². The summed E-state index contributed by atoms with van der Waals surface area (Å²) in [6, 6.07) is 12.5. The number of carbonyl (C=O) groups is 2. The van der Waals surface area contributed by atoms with Crippen molar-refractivity contribution in [3.05, 3.63) is 78.8 Å². The highest BCUT2D eigenvalue weighted by atomic mass is 19.1. The molecule has 0 radical (unpaired) electrons. The maximum atomic E-state index is 14.4. The molecule has 136 valence electrons. The first kappa shape index (κ1) is 18.1. The number of nitrogens with one attached hydrogen (secondary N) is 2. The number of carbonyl (C=O) groups excluding carboxylic acids is 2. The lowest BCUT2D eigenvalue weighted by molar-refractivity contribution is -0.111. The molecule has 1 heterocycles. The summed E-state index contributed by atoms with van der Waals surface area (Å²) >= 11 is 0. The number of aryl methyl sites for hydroxylation is 1. The molecule has 1 aromatic heterocycles. The van der Waals surface area contributed by atoms with Crippen molar-refractivity contribution in [3.63, 3.8) is 0 Å². The van der Waals surface area contributed by atoms with Gasteiger partial charge in [0.2, 0.25) is 5.91 Å². The summed E-state index contributed by atoms with van der Waals surface area (Å²) in [5, 5.41) is 9.27. The molecule has 0 aliphatic carbocycles. The first-order valence-electron chi connectivity index (χ1n) is 8.10. The van der Waals surface area contributed by atoms with Gasteiger partial charge in [0.1, 0.15) is 5.82 Å². The summed E-state index contributed by atoms with van der Waals surface area (Å²) in [7, 11) is 1.73. The second-order valence-corrected chi connectivity index (χ2v) is 5.76. The van der Waals surface area contributed by atoms with E-state index >= 15 is 0 Å². The lowest BCUT2D eigenvalue weighted by Crippen LogP contribution is -2.12. The van der Waals surface area contributed by atoms with E-state index in [9.17, 15) is 14.0 Å². The number of benzene rings is 2. The van der Waals surface area contributed by atoms with Crippen molar-refractivity contribution in [2.45, 2.75) is 0 Å². The average molecular weight is 364 g/mol. The van der Waals surface area contributed by atoms with Crippen LogP contribution in [0, 0.1) is 5.82 Å². The third kappa shape index (κ3) is 4.09. The minimum absolute atomic E-state index is 0.337. The molecule has 2 amide bonds. The highest BCUT2D eigenvalue weighted by Gasteiger charge is 2.12. The standard InChI is InChI=1S/C20H17FN4O2/c1-3-19(26)23-14-6-4-13(5-7-14)20(27)24-15-8-9-16(17(21)12-15)18-10-11-22-25(18)2/h3-12H,1H2,2H3,(H,23,26)(H,24,27). The third-order valence-electron chi connectivity index (χ3n) is 3.92. The molecule has 0 aliphatic heterocycles. The maximum Gasteiger partial charge on any atom is 0.255 e. The van der Waals surface area contributed by atoms with Gasteiger partial charge in [-0.1, -0.05) is 6.58 Å². The summed E-state index contributed by atoms with van der Waals surface area (Å²) in [5.41, 5.74) is 2.30. The predicted molar refractivity (Wildman–Crippen MR) is 102 cm³/mol. The molecule has 3 aromatic rings. The van der Waals surface area contributed by atoms with Crippen molar-refractivity contribution >= 4 is 23.2 Å². The third-order valence-corrected chi connectivity index (χ3v) is 3.92. The summed E-state index contributed by atoms with van der Waals surface area (Å²) in [6.07, 6.45) is 2.75. The zero-order valence-corrected chi connectivity index (χ0v) is 14.6. The van der Waals surface area contributed by atoms with E-state index in [4.69, 9.17) is 0 Å². The normalized spacial score (nSPS) is 10.3. The van der Waals surface area contributed by atoms with Crippen LogP contribution >= 0.6 is 0 Å². The Morgan fingerprint density at radius 2 is 1.78 bits per heavy atom. The highest BCUT2D eigenvalue weighted by molar-refractivity contribution is 6.05. The zero-order valence-electron chi connectivity index (χ0n) is 14.6. The SMILES string of the molecule is C=CC(=O)Nc1ccc(C(=O)Nc2ccc(-c3ccnn3C)c(F)c2)cc1. The Hall–Kier alpha value is -3.74. The lowest BCUT2D eigenvalue weighted by atomic mass is 10.1. The van der Waals surface area contributed by atoms with Gasteiger partial charge < -0.3 is 10.6 Å². The number of nitrogens with zero attached hydrogens (tertiary/aromatic N) is 2. The second-order valence-electron chi connectivity index (χ2n) is 5.76. The number of hydrogen-bond acceptors (Lipinski definition) is 3. The van der Waals surface area contributed by atoms with Crippen LogP contribution in [0.2, 0.25) is 0 Å². The number of anilines is 2. The molecule has 27 heavy (non-hydrogen) atoms. The van der Waals surface area contributed by atoms with Crippen LogP contribution < -0.4 is 10.6 Å². The van der Waals surface area contributed by atoms with Gasteiger partial charge >= 0.3 is 0 Å². The topological polar surface area (TPSA) is 76.0 Å². The molecule has 0 saturated carbocycles. The van der Waals surface area contributed by atoms with Gasteiger partial charge in [0.15, 0.2) is 0 Å². The molecule has 2 N–H and O–H groups in total. The monoisotopic (exact) mass is 364 g/mol. The van der Waals surface area contributed by atoms with E-state index in [0.29, 0.717) is 28.2 Å². The largest absolute Gasteiger partial charge is 0.323 e. The fraction of sp³-hybridized carbons (Fsp3) is 0.0500. The molecule has 2 aromatic carbocycles. The fourth-order valence-corrected chi connectivity index (χ4v) is 2.54. The van der Waals surface area contributed by atoms with E-state index in [1.807, 2.05) is 0 Å². The van der Waals surface area contributed by atoms with Gasteiger partial charge in [0, 0.05) is 35.7 Å². The molecule has 0 atom stereocenters. The minimum atomic E-state index is -0.459. The van der Waals surface area contributed by atoms with Gasteiger partial charge in [-0.15, -0.1) is 0 Å². The molecule has 0 spiro atoms. The smallest absolute Gasteiger partial charge is 0.255 e. The van der Waals surface area contributed by atoms with Crippen LogP contribution in [0.4, 0.5) is 15.8 Å². The van der Waals surface area contributed by atoms with E-state index in [2.05, 4.69) is 22.3 Å². The van der Waals surface area contributed by atoms with Gasteiger partial charge in [-0.25, -0.2) is 4.39 Å². The van der Waals surface area contributed by atoms with E-state index in [0.717, 1.165) is 6.08 Å². The summed E-state index contributed by atoms with van der Waals surface area (Å²) in [4.78, 5) is 23.6. The number of rotatable bonds is 5. The predicted octanol–water partition coefficient (Wildman–Crippen LogP) is 3.60. The summed E-state index contributed by atoms with van der Waals surface area (Å²) in [6.45, 7) is 3.37. The molecule has 0 fully saturated rings. The van der Waals surface area contributed by atoms with Gasteiger partial charge in [0.05, 0.1) is 5.69 Å². The fourth-order valence-electron chi connectivity index (χ4n) is 2.54. The first-order valence-corrected chi connectivity index (χ1v) is 8.10. The molecule has 0 unspecified atom stereocenters. The average Bonchev–Trinajstić information content (AvgIpc) is 3.08. The molecule has 6 nitrogen and oxygen atoms in total. The zero-order chi connectivity index (χ0) is 19.4. The van der Waals surface area contributed by atoms with Gasteiger partial charge in [-0.2, -0.15) is 5.10 Å². The molecule has 0 aliphatic rings. The van der Waals surface area contributed by atoms with Gasteiger partial charge in [0.25, 0.3) is 5.91 Å². The van der Waals surface area contributed by atoms with Crippen molar-refractivity contribution in [1.82, 2.24) is 9.78 Å². The second kappa shape index (κ2) is 7.65. The molecule has 3 rings (SSSR count). The van der Waals surface area contributed by atoms with Crippen molar-refractivity contribution in [1.29, 1.82) is 0 Å². The van der Waals surface area contributed by atoms with Crippen LogP contribution in [-0.4, -0.2) is 21.6 Å². The van der Waals surface area contributed by atoms with Crippen LogP contribution in [0.1, 0.15) is 10.4 Å². The lowest BCUT2D eigenvalue weighted by Gasteiger charge is -2.09. The molecule has 0 saturated heterocycles. The highest BCUT2D eigenvalue weighted by Crippen LogP contribution is 2.25. The molecular formula is C20H17FN4O2. The van der Waals surface area contributed by atoms with Crippen molar-refractivity contribution in [2.24, 2.45) is 7.05 Å². The van der Waals surface area contributed by atoms with E-state index in [1.54, 1.807) is 60.4 Å². The summed E-state index contributed by atoms with van der Waals surface area (Å²) in [5.74, 6) is -1.18. The van der Waals surface area contributed by atoms with Crippen LogP contribution in [0.25, 0.3) is 11.3 Å². The van der Waals surface area contributed by atoms with Crippen molar-refractivity contribution < 1.29 is 14.0 Å². The molecule has 0 bridgehead atoms.